The van der Waals surface area contributed by atoms with Crippen molar-refractivity contribution in [3.63, 3.8) is 0 Å². The fourth-order valence-corrected chi connectivity index (χ4v) is 2.44. The topological polar surface area (TPSA) is 65.4 Å². The second-order valence-electron chi connectivity index (χ2n) is 5.31. The first-order chi connectivity index (χ1) is 10.6. The second-order valence-corrected chi connectivity index (χ2v) is 5.31. The van der Waals surface area contributed by atoms with E-state index in [1.165, 1.54) is 0 Å². The Kier molecular flexibility index (Phi) is 4.22. The van der Waals surface area contributed by atoms with Crippen molar-refractivity contribution in [1.29, 1.82) is 0 Å². The Morgan fingerprint density at radius 2 is 2.05 bits per heavy atom. The zero-order valence-electron chi connectivity index (χ0n) is 12.7. The number of rotatable bonds is 3. The van der Waals surface area contributed by atoms with Gasteiger partial charge in [-0.2, -0.15) is 5.10 Å². The summed E-state index contributed by atoms with van der Waals surface area (Å²) in [6.45, 7) is 5.27. The first kappa shape index (κ1) is 14.7. The Hall–Kier alpha value is -2.18. The largest absolute Gasteiger partial charge is 0.376 e. The molecule has 1 aliphatic rings. The van der Waals surface area contributed by atoms with Crippen LogP contribution in [0.2, 0.25) is 0 Å². The first-order valence-corrected chi connectivity index (χ1v) is 7.27. The Bertz CT molecular complexity index is 658. The van der Waals surface area contributed by atoms with Gasteiger partial charge < -0.3 is 14.8 Å². The first-order valence-electron chi connectivity index (χ1n) is 7.27. The summed E-state index contributed by atoms with van der Waals surface area (Å²) < 4.78 is 12.5. The van der Waals surface area contributed by atoms with Gasteiger partial charge in [-0.3, -0.25) is 4.79 Å². The van der Waals surface area contributed by atoms with E-state index in [4.69, 9.17) is 9.47 Å². The van der Waals surface area contributed by atoms with Gasteiger partial charge in [0, 0.05) is 11.4 Å². The Balaban J connectivity index is 1.69. The van der Waals surface area contributed by atoms with Crippen LogP contribution in [0.15, 0.2) is 30.3 Å². The number of anilines is 1. The number of ether oxygens (including phenoxy) is 2. The summed E-state index contributed by atoms with van der Waals surface area (Å²) in [6.07, 6.45) is -0.538. The standard InChI is InChI=1S/C16H19N3O3/c1-11-9-12(2)19(18-11)14-5-3-13(4-6-14)17-16(20)15-10-21-7-8-22-15/h3-6,9,15H,7-8,10H2,1-2H3,(H,17,20)/t15-/m0/s1. The lowest BCUT2D eigenvalue weighted by molar-refractivity contribution is -0.142. The van der Waals surface area contributed by atoms with E-state index in [1.807, 2.05) is 48.9 Å². The lowest BCUT2D eigenvalue weighted by Crippen LogP contribution is -2.39. The molecule has 1 aromatic heterocycles. The molecule has 1 aromatic carbocycles. The summed E-state index contributed by atoms with van der Waals surface area (Å²) in [7, 11) is 0. The SMILES string of the molecule is Cc1cc(C)n(-c2ccc(NC(=O)[C@@H]3COCCO3)cc2)n1. The highest BCUT2D eigenvalue weighted by Crippen LogP contribution is 2.16. The van der Waals surface area contributed by atoms with Gasteiger partial charge in [-0.1, -0.05) is 0 Å². The van der Waals surface area contributed by atoms with Gasteiger partial charge in [0.1, 0.15) is 0 Å². The Morgan fingerprint density at radius 1 is 1.27 bits per heavy atom. The van der Waals surface area contributed by atoms with Gasteiger partial charge in [0.2, 0.25) is 0 Å². The lowest BCUT2D eigenvalue weighted by atomic mass is 10.2. The van der Waals surface area contributed by atoms with Gasteiger partial charge in [0.05, 0.1) is 31.2 Å². The molecule has 0 spiro atoms. The van der Waals surface area contributed by atoms with Crippen LogP contribution >= 0.6 is 0 Å². The quantitative estimate of drug-likeness (QED) is 0.939. The number of carbonyl (C=O) groups excluding carboxylic acids is 1. The van der Waals surface area contributed by atoms with Crippen molar-refractivity contribution in [1.82, 2.24) is 9.78 Å². The van der Waals surface area contributed by atoms with Gasteiger partial charge in [-0.25, -0.2) is 4.68 Å². The summed E-state index contributed by atoms with van der Waals surface area (Å²) in [6, 6.07) is 9.58. The molecule has 0 aliphatic carbocycles. The summed E-state index contributed by atoms with van der Waals surface area (Å²) in [5.74, 6) is -0.182. The molecule has 1 fully saturated rings. The van der Waals surface area contributed by atoms with Gasteiger partial charge in [-0.05, 0) is 44.2 Å². The molecule has 22 heavy (non-hydrogen) atoms. The van der Waals surface area contributed by atoms with Crippen LogP contribution in [0.5, 0.6) is 0 Å². The number of amides is 1. The van der Waals surface area contributed by atoms with E-state index in [0.717, 1.165) is 22.8 Å². The number of aromatic nitrogens is 2. The van der Waals surface area contributed by atoms with Crippen LogP contribution in [-0.4, -0.2) is 41.6 Å². The number of nitrogens with one attached hydrogen (secondary N) is 1. The molecule has 0 radical (unpaired) electrons. The third-order valence-corrected chi connectivity index (χ3v) is 3.50. The Morgan fingerprint density at radius 3 is 2.64 bits per heavy atom. The minimum Gasteiger partial charge on any atom is -0.376 e. The summed E-state index contributed by atoms with van der Waals surface area (Å²) in [5, 5.41) is 7.27. The molecular formula is C16H19N3O3. The number of benzene rings is 1. The van der Waals surface area contributed by atoms with Gasteiger partial charge in [0.25, 0.3) is 5.91 Å². The Labute approximate surface area is 129 Å². The molecule has 1 atom stereocenters. The molecule has 1 N–H and O–H groups in total. The van der Waals surface area contributed by atoms with Crippen LogP contribution in [-0.2, 0) is 14.3 Å². The van der Waals surface area contributed by atoms with Gasteiger partial charge >= 0.3 is 0 Å². The highest BCUT2D eigenvalue weighted by atomic mass is 16.6. The zero-order valence-corrected chi connectivity index (χ0v) is 12.7. The van der Waals surface area contributed by atoms with Crippen molar-refractivity contribution in [3.8, 4) is 5.69 Å². The predicted octanol–water partition coefficient (Wildman–Crippen LogP) is 1.84. The molecule has 2 heterocycles. The number of nitrogens with zero attached hydrogens (tertiary/aromatic N) is 2. The number of aryl methyl sites for hydroxylation is 2. The molecule has 2 aromatic rings. The molecule has 1 saturated heterocycles. The van der Waals surface area contributed by atoms with E-state index in [2.05, 4.69) is 10.4 Å². The van der Waals surface area contributed by atoms with E-state index in [1.54, 1.807) is 0 Å². The van der Waals surface area contributed by atoms with Crippen molar-refractivity contribution in [2.75, 3.05) is 25.1 Å². The van der Waals surface area contributed by atoms with Crippen LogP contribution in [0, 0.1) is 13.8 Å². The highest BCUT2D eigenvalue weighted by molar-refractivity contribution is 5.94. The van der Waals surface area contributed by atoms with E-state index >= 15 is 0 Å². The van der Waals surface area contributed by atoms with E-state index in [9.17, 15) is 4.79 Å². The smallest absolute Gasteiger partial charge is 0.255 e. The van der Waals surface area contributed by atoms with Gasteiger partial charge in [0.15, 0.2) is 6.10 Å². The summed E-state index contributed by atoms with van der Waals surface area (Å²) in [5.41, 5.74) is 3.73. The molecule has 116 valence electrons. The van der Waals surface area contributed by atoms with E-state index < -0.39 is 6.10 Å². The molecule has 1 aliphatic heterocycles. The van der Waals surface area contributed by atoms with Crippen molar-refractivity contribution >= 4 is 11.6 Å². The molecule has 6 heteroatoms. The maximum absolute atomic E-state index is 12.0. The lowest BCUT2D eigenvalue weighted by Gasteiger charge is -2.22. The molecule has 0 bridgehead atoms. The number of carbonyl (C=O) groups is 1. The third-order valence-electron chi connectivity index (χ3n) is 3.50. The monoisotopic (exact) mass is 301 g/mol. The fraction of sp³-hybridized carbons (Fsp3) is 0.375. The molecule has 0 unspecified atom stereocenters. The maximum Gasteiger partial charge on any atom is 0.255 e. The molecular weight excluding hydrogens is 282 g/mol. The van der Waals surface area contributed by atoms with Gasteiger partial charge in [-0.15, -0.1) is 0 Å². The van der Waals surface area contributed by atoms with Crippen molar-refractivity contribution < 1.29 is 14.3 Å². The third kappa shape index (κ3) is 3.18. The zero-order chi connectivity index (χ0) is 15.5. The van der Waals surface area contributed by atoms with Crippen LogP contribution in [0.1, 0.15) is 11.4 Å². The minimum atomic E-state index is -0.538. The number of hydrogen-bond donors (Lipinski definition) is 1. The fourth-order valence-electron chi connectivity index (χ4n) is 2.44. The van der Waals surface area contributed by atoms with Crippen LogP contribution in [0.25, 0.3) is 5.69 Å². The van der Waals surface area contributed by atoms with Crippen LogP contribution in [0.3, 0.4) is 0 Å². The minimum absolute atomic E-state index is 0.182. The average molecular weight is 301 g/mol. The van der Waals surface area contributed by atoms with Crippen molar-refractivity contribution in [3.05, 3.63) is 41.7 Å². The van der Waals surface area contributed by atoms with Crippen molar-refractivity contribution in [2.45, 2.75) is 20.0 Å². The predicted molar refractivity (Wildman–Crippen MR) is 82.2 cm³/mol. The summed E-state index contributed by atoms with van der Waals surface area (Å²) in [4.78, 5) is 12.0. The normalized spacial score (nSPS) is 18.2. The van der Waals surface area contributed by atoms with Crippen molar-refractivity contribution in [2.24, 2.45) is 0 Å². The molecule has 1 amide bonds. The maximum atomic E-state index is 12.0. The van der Waals surface area contributed by atoms with Crippen LogP contribution in [0.4, 0.5) is 5.69 Å². The molecule has 6 nitrogen and oxygen atoms in total. The second kappa shape index (κ2) is 6.29. The van der Waals surface area contributed by atoms with Crippen LogP contribution < -0.4 is 5.32 Å². The average Bonchev–Trinajstić information content (AvgIpc) is 2.87. The summed E-state index contributed by atoms with van der Waals surface area (Å²) >= 11 is 0. The molecule has 0 saturated carbocycles. The highest BCUT2D eigenvalue weighted by Gasteiger charge is 2.22. The molecule has 3 rings (SSSR count). The number of hydrogen-bond acceptors (Lipinski definition) is 4. The van der Waals surface area contributed by atoms with E-state index in [-0.39, 0.29) is 5.91 Å². The van der Waals surface area contributed by atoms with E-state index in [0.29, 0.717) is 19.8 Å².